The molecule has 0 aromatic rings. The SMILES string of the molecule is C#CC(C)(C)C(C)OC=O. The van der Waals surface area contributed by atoms with E-state index in [-0.39, 0.29) is 11.5 Å². The second-order valence-electron chi connectivity index (χ2n) is 2.74. The Balaban J connectivity index is 4.06. The molecular weight excluding hydrogens is 128 g/mol. The summed E-state index contributed by atoms with van der Waals surface area (Å²) in [5.74, 6) is 2.54. The molecule has 0 aromatic heterocycles. The molecule has 1 unspecified atom stereocenters. The van der Waals surface area contributed by atoms with Gasteiger partial charge in [-0.1, -0.05) is 5.92 Å². The Morgan fingerprint density at radius 1 is 1.70 bits per heavy atom. The van der Waals surface area contributed by atoms with Crippen LogP contribution in [0, 0.1) is 17.8 Å². The highest BCUT2D eigenvalue weighted by Crippen LogP contribution is 2.20. The zero-order chi connectivity index (χ0) is 8.20. The quantitative estimate of drug-likeness (QED) is 0.435. The Bertz CT molecular complexity index is 153. The van der Waals surface area contributed by atoms with Gasteiger partial charge in [0.2, 0.25) is 0 Å². The van der Waals surface area contributed by atoms with Crippen molar-refractivity contribution < 1.29 is 9.53 Å². The molecule has 10 heavy (non-hydrogen) atoms. The van der Waals surface area contributed by atoms with Crippen LogP contribution < -0.4 is 0 Å². The third-order valence-electron chi connectivity index (χ3n) is 1.65. The van der Waals surface area contributed by atoms with Gasteiger partial charge >= 0.3 is 0 Å². The maximum absolute atomic E-state index is 9.89. The first-order valence-electron chi connectivity index (χ1n) is 3.11. The van der Waals surface area contributed by atoms with Gasteiger partial charge in [0.1, 0.15) is 6.10 Å². The summed E-state index contributed by atoms with van der Waals surface area (Å²) < 4.78 is 4.67. The average molecular weight is 140 g/mol. The molecule has 56 valence electrons. The van der Waals surface area contributed by atoms with E-state index in [4.69, 9.17) is 6.42 Å². The monoisotopic (exact) mass is 140 g/mol. The lowest BCUT2D eigenvalue weighted by molar-refractivity contribution is -0.136. The predicted octanol–water partition coefficient (Wildman–Crippen LogP) is 1.21. The molecule has 0 amide bonds. The smallest absolute Gasteiger partial charge is 0.293 e. The summed E-state index contributed by atoms with van der Waals surface area (Å²) in [6.07, 6.45) is 4.96. The van der Waals surface area contributed by atoms with Gasteiger partial charge in [-0.3, -0.25) is 4.79 Å². The fraction of sp³-hybridized carbons (Fsp3) is 0.625. The van der Waals surface area contributed by atoms with Crippen LogP contribution in [0.25, 0.3) is 0 Å². The van der Waals surface area contributed by atoms with Gasteiger partial charge in [0.25, 0.3) is 6.47 Å². The molecule has 0 saturated carbocycles. The van der Waals surface area contributed by atoms with Gasteiger partial charge < -0.3 is 4.74 Å². The van der Waals surface area contributed by atoms with E-state index in [1.165, 1.54) is 0 Å². The third-order valence-corrected chi connectivity index (χ3v) is 1.65. The second-order valence-corrected chi connectivity index (χ2v) is 2.74. The molecule has 0 aliphatic rings. The zero-order valence-corrected chi connectivity index (χ0v) is 6.55. The summed E-state index contributed by atoms with van der Waals surface area (Å²) in [6, 6.07) is 0. The van der Waals surface area contributed by atoms with E-state index in [2.05, 4.69) is 10.7 Å². The van der Waals surface area contributed by atoms with E-state index in [0.717, 1.165) is 0 Å². The Morgan fingerprint density at radius 3 is 2.50 bits per heavy atom. The maximum Gasteiger partial charge on any atom is 0.293 e. The third kappa shape index (κ3) is 2.10. The molecule has 0 aromatic carbocycles. The first-order valence-corrected chi connectivity index (χ1v) is 3.11. The van der Waals surface area contributed by atoms with Crippen LogP contribution in [-0.4, -0.2) is 12.6 Å². The first kappa shape index (κ1) is 9.03. The van der Waals surface area contributed by atoms with Crippen molar-refractivity contribution in [3.63, 3.8) is 0 Å². The second kappa shape index (κ2) is 3.26. The molecule has 0 saturated heterocycles. The molecule has 0 heterocycles. The molecule has 0 spiro atoms. The number of carbonyl (C=O) groups is 1. The topological polar surface area (TPSA) is 26.3 Å². The van der Waals surface area contributed by atoms with Crippen molar-refractivity contribution in [2.45, 2.75) is 26.9 Å². The highest BCUT2D eigenvalue weighted by molar-refractivity contribution is 5.37. The highest BCUT2D eigenvalue weighted by Gasteiger charge is 2.23. The highest BCUT2D eigenvalue weighted by atomic mass is 16.5. The lowest BCUT2D eigenvalue weighted by Crippen LogP contribution is -2.27. The summed E-state index contributed by atoms with van der Waals surface area (Å²) >= 11 is 0. The standard InChI is InChI=1S/C8H12O2/c1-5-8(3,4)7(2)10-6-9/h1,6-7H,2-4H3. The summed E-state index contributed by atoms with van der Waals surface area (Å²) in [4.78, 5) is 9.89. The molecule has 0 fully saturated rings. The maximum atomic E-state index is 9.89. The average Bonchev–Trinajstić information content (AvgIpc) is 1.89. The van der Waals surface area contributed by atoms with Gasteiger partial charge in [-0.25, -0.2) is 0 Å². The number of terminal acetylenes is 1. The van der Waals surface area contributed by atoms with Gasteiger partial charge in [0, 0.05) is 0 Å². The summed E-state index contributed by atoms with van der Waals surface area (Å²) in [6.45, 7) is 5.89. The van der Waals surface area contributed by atoms with E-state index in [1.54, 1.807) is 6.92 Å². The Morgan fingerprint density at radius 2 is 2.20 bits per heavy atom. The van der Waals surface area contributed by atoms with E-state index >= 15 is 0 Å². The van der Waals surface area contributed by atoms with Gasteiger partial charge in [-0.2, -0.15) is 0 Å². The number of ether oxygens (including phenoxy) is 1. The molecule has 0 radical (unpaired) electrons. The van der Waals surface area contributed by atoms with Crippen molar-refractivity contribution in [1.29, 1.82) is 0 Å². The Kier molecular flexibility index (Phi) is 2.95. The molecule has 2 heteroatoms. The summed E-state index contributed by atoms with van der Waals surface area (Å²) in [5.41, 5.74) is -0.374. The van der Waals surface area contributed by atoms with E-state index in [9.17, 15) is 4.79 Å². The fourth-order valence-corrected chi connectivity index (χ4v) is 0.371. The summed E-state index contributed by atoms with van der Waals surface area (Å²) in [7, 11) is 0. The first-order chi connectivity index (χ1) is 4.54. The lowest BCUT2D eigenvalue weighted by Gasteiger charge is -2.23. The lowest BCUT2D eigenvalue weighted by atomic mass is 9.89. The minimum absolute atomic E-state index is 0.227. The molecule has 0 N–H and O–H groups in total. The molecule has 2 nitrogen and oxygen atoms in total. The van der Waals surface area contributed by atoms with Crippen LogP contribution in [0.5, 0.6) is 0 Å². The number of hydrogen-bond acceptors (Lipinski definition) is 2. The molecule has 1 atom stereocenters. The van der Waals surface area contributed by atoms with Gasteiger partial charge in [-0.15, -0.1) is 6.42 Å². The Hall–Kier alpha value is -0.970. The Labute approximate surface area is 61.6 Å². The van der Waals surface area contributed by atoms with Crippen LogP contribution in [0.4, 0.5) is 0 Å². The number of carbonyl (C=O) groups excluding carboxylic acids is 1. The molecule has 0 aliphatic carbocycles. The zero-order valence-electron chi connectivity index (χ0n) is 6.55. The van der Waals surface area contributed by atoms with E-state index < -0.39 is 0 Å². The van der Waals surface area contributed by atoms with Crippen LogP contribution in [0.15, 0.2) is 0 Å². The fourth-order valence-electron chi connectivity index (χ4n) is 0.371. The van der Waals surface area contributed by atoms with E-state index in [1.807, 2.05) is 13.8 Å². The van der Waals surface area contributed by atoms with Crippen molar-refractivity contribution in [2.24, 2.45) is 5.41 Å². The van der Waals surface area contributed by atoms with Gasteiger partial charge in [0.15, 0.2) is 0 Å². The minimum atomic E-state index is -0.374. The van der Waals surface area contributed by atoms with Crippen LogP contribution in [0.2, 0.25) is 0 Å². The molecule has 0 bridgehead atoms. The van der Waals surface area contributed by atoms with Crippen molar-refractivity contribution in [2.75, 3.05) is 0 Å². The minimum Gasteiger partial charge on any atom is -0.463 e. The van der Waals surface area contributed by atoms with Crippen LogP contribution in [0.3, 0.4) is 0 Å². The van der Waals surface area contributed by atoms with Crippen molar-refractivity contribution in [3.05, 3.63) is 0 Å². The normalized spacial score (nSPS) is 13.4. The predicted molar refractivity (Wildman–Crippen MR) is 39.2 cm³/mol. The van der Waals surface area contributed by atoms with E-state index in [0.29, 0.717) is 6.47 Å². The van der Waals surface area contributed by atoms with Crippen LogP contribution >= 0.6 is 0 Å². The van der Waals surface area contributed by atoms with Gasteiger partial charge in [-0.05, 0) is 20.8 Å². The number of hydrogen-bond donors (Lipinski definition) is 0. The molecule has 0 rings (SSSR count). The van der Waals surface area contributed by atoms with Crippen molar-refractivity contribution in [1.82, 2.24) is 0 Å². The largest absolute Gasteiger partial charge is 0.463 e. The molecule has 0 aliphatic heterocycles. The van der Waals surface area contributed by atoms with Crippen molar-refractivity contribution >= 4 is 6.47 Å². The number of rotatable bonds is 3. The van der Waals surface area contributed by atoms with Crippen LogP contribution in [-0.2, 0) is 9.53 Å². The van der Waals surface area contributed by atoms with Crippen LogP contribution in [0.1, 0.15) is 20.8 Å². The summed E-state index contributed by atoms with van der Waals surface area (Å²) in [5, 5.41) is 0. The molecular formula is C8H12O2. The van der Waals surface area contributed by atoms with Gasteiger partial charge in [0.05, 0.1) is 5.41 Å². The van der Waals surface area contributed by atoms with Crippen molar-refractivity contribution in [3.8, 4) is 12.3 Å².